The highest BCUT2D eigenvalue weighted by atomic mass is 16.5. The van der Waals surface area contributed by atoms with Gasteiger partial charge >= 0.3 is 6.03 Å². The Morgan fingerprint density at radius 2 is 1.84 bits per heavy atom. The van der Waals surface area contributed by atoms with Crippen LogP contribution in [0.4, 0.5) is 10.5 Å². The number of benzene rings is 1. The topological polar surface area (TPSA) is 101 Å². The number of aromatic nitrogens is 2. The lowest BCUT2D eigenvalue weighted by atomic mass is 10.2. The molecule has 0 spiro atoms. The van der Waals surface area contributed by atoms with Gasteiger partial charge in [0.05, 0.1) is 11.8 Å². The first-order chi connectivity index (χ1) is 15.0. The molecule has 9 nitrogen and oxygen atoms in total. The van der Waals surface area contributed by atoms with Crippen LogP contribution >= 0.6 is 0 Å². The SMILES string of the molecule is Cc1cc(C(=O)N2CCN(C(=O)Nc3cccc(Oc4cnccn4)c3)CC2)c(C)o1. The maximum absolute atomic E-state index is 12.7. The molecule has 3 amide bonds. The van der Waals surface area contributed by atoms with Crippen LogP contribution in [0.25, 0.3) is 0 Å². The predicted molar refractivity (Wildman–Crippen MR) is 113 cm³/mol. The van der Waals surface area contributed by atoms with Gasteiger partial charge in [0.25, 0.3) is 5.91 Å². The minimum Gasteiger partial charge on any atom is -0.466 e. The smallest absolute Gasteiger partial charge is 0.321 e. The molecular weight excluding hydrogens is 398 g/mol. The minimum absolute atomic E-state index is 0.0664. The molecule has 1 saturated heterocycles. The van der Waals surface area contributed by atoms with E-state index in [2.05, 4.69) is 15.3 Å². The van der Waals surface area contributed by atoms with Crippen LogP contribution < -0.4 is 10.1 Å². The lowest BCUT2D eigenvalue weighted by molar-refractivity contribution is 0.0670. The van der Waals surface area contributed by atoms with Crippen molar-refractivity contribution in [3.05, 3.63) is 66.0 Å². The molecule has 0 bridgehead atoms. The molecule has 1 aromatic carbocycles. The third kappa shape index (κ3) is 4.82. The highest BCUT2D eigenvalue weighted by molar-refractivity contribution is 5.95. The van der Waals surface area contributed by atoms with Crippen molar-refractivity contribution in [1.29, 1.82) is 0 Å². The normalized spacial score (nSPS) is 13.7. The minimum atomic E-state index is -0.223. The first-order valence-corrected chi connectivity index (χ1v) is 9.96. The molecule has 0 radical (unpaired) electrons. The summed E-state index contributed by atoms with van der Waals surface area (Å²) < 4.78 is 11.1. The molecule has 0 saturated carbocycles. The number of rotatable bonds is 4. The number of furan rings is 1. The van der Waals surface area contributed by atoms with E-state index in [1.165, 1.54) is 6.20 Å². The van der Waals surface area contributed by atoms with Crippen LogP contribution in [-0.2, 0) is 0 Å². The number of urea groups is 1. The van der Waals surface area contributed by atoms with Crippen molar-refractivity contribution >= 4 is 17.6 Å². The summed E-state index contributed by atoms with van der Waals surface area (Å²) in [5.74, 6) is 2.17. The molecular formula is C22H23N5O4. The Morgan fingerprint density at radius 1 is 1.06 bits per heavy atom. The quantitative estimate of drug-likeness (QED) is 0.692. The summed E-state index contributed by atoms with van der Waals surface area (Å²) in [6.45, 7) is 5.43. The number of nitrogens with one attached hydrogen (secondary N) is 1. The van der Waals surface area contributed by atoms with Gasteiger partial charge in [-0.1, -0.05) is 6.07 Å². The first kappa shape index (κ1) is 20.4. The van der Waals surface area contributed by atoms with E-state index < -0.39 is 0 Å². The summed E-state index contributed by atoms with van der Waals surface area (Å²) in [6, 6.07) is 8.59. The van der Waals surface area contributed by atoms with E-state index >= 15 is 0 Å². The Bertz CT molecular complexity index is 1070. The Labute approximate surface area is 179 Å². The summed E-state index contributed by atoms with van der Waals surface area (Å²) in [4.78, 5) is 36.9. The van der Waals surface area contributed by atoms with Crippen LogP contribution in [0.1, 0.15) is 21.9 Å². The number of carbonyl (C=O) groups excluding carboxylic acids is 2. The number of carbonyl (C=O) groups is 2. The van der Waals surface area contributed by atoms with E-state index in [0.717, 1.165) is 0 Å². The molecule has 1 fully saturated rings. The van der Waals surface area contributed by atoms with Crippen molar-refractivity contribution in [3.63, 3.8) is 0 Å². The summed E-state index contributed by atoms with van der Waals surface area (Å²) in [7, 11) is 0. The van der Waals surface area contributed by atoms with E-state index in [9.17, 15) is 9.59 Å². The molecule has 9 heteroatoms. The van der Waals surface area contributed by atoms with Crippen molar-refractivity contribution in [1.82, 2.24) is 19.8 Å². The number of aryl methyl sites for hydroxylation is 2. The van der Waals surface area contributed by atoms with Crippen LogP contribution in [0, 0.1) is 13.8 Å². The van der Waals surface area contributed by atoms with Gasteiger partial charge < -0.3 is 24.3 Å². The molecule has 1 aliphatic rings. The summed E-state index contributed by atoms with van der Waals surface area (Å²) in [6.07, 6.45) is 4.62. The van der Waals surface area contributed by atoms with Crippen LogP contribution in [0.3, 0.4) is 0 Å². The van der Waals surface area contributed by atoms with Crippen molar-refractivity contribution in [2.24, 2.45) is 0 Å². The highest BCUT2D eigenvalue weighted by Crippen LogP contribution is 2.23. The first-order valence-electron chi connectivity index (χ1n) is 9.96. The molecule has 0 unspecified atom stereocenters. The Balaban J connectivity index is 1.32. The molecule has 4 rings (SSSR count). The predicted octanol–water partition coefficient (Wildman–Crippen LogP) is 3.47. The number of piperazine rings is 1. The molecule has 2 aromatic heterocycles. The van der Waals surface area contributed by atoms with Gasteiger partial charge in [-0.05, 0) is 32.0 Å². The van der Waals surface area contributed by atoms with Crippen molar-refractivity contribution in [2.75, 3.05) is 31.5 Å². The van der Waals surface area contributed by atoms with Crippen LogP contribution in [0.5, 0.6) is 11.6 Å². The number of hydrogen-bond donors (Lipinski definition) is 1. The molecule has 3 aromatic rings. The van der Waals surface area contributed by atoms with E-state index in [1.807, 2.05) is 6.92 Å². The number of amides is 3. The summed E-state index contributed by atoms with van der Waals surface area (Å²) in [5.41, 5.74) is 1.18. The number of nitrogens with zero attached hydrogens (tertiary/aromatic N) is 4. The zero-order valence-electron chi connectivity index (χ0n) is 17.4. The van der Waals surface area contributed by atoms with Gasteiger partial charge in [0.1, 0.15) is 17.3 Å². The Morgan fingerprint density at radius 3 is 2.52 bits per heavy atom. The molecule has 0 atom stereocenters. The van der Waals surface area contributed by atoms with E-state index in [0.29, 0.717) is 60.6 Å². The lowest BCUT2D eigenvalue weighted by Gasteiger charge is -2.34. The lowest BCUT2D eigenvalue weighted by Crippen LogP contribution is -2.51. The second-order valence-corrected chi connectivity index (χ2v) is 7.21. The fraction of sp³-hybridized carbons (Fsp3) is 0.273. The van der Waals surface area contributed by atoms with Gasteiger partial charge in [0.15, 0.2) is 0 Å². The molecule has 160 valence electrons. The van der Waals surface area contributed by atoms with Crippen molar-refractivity contribution in [3.8, 4) is 11.6 Å². The van der Waals surface area contributed by atoms with E-state index in [1.54, 1.807) is 59.4 Å². The van der Waals surface area contributed by atoms with Crippen LogP contribution in [-0.4, -0.2) is 57.9 Å². The zero-order chi connectivity index (χ0) is 21.8. The van der Waals surface area contributed by atoms with Gasteiger partial charge in [0, 0.05) is 50.3 Å². The van der Waals surface area contributed by atoms with Crippen LogP contribution in [0.15, 0.2) is 53.3 Å². The molecule has 3 heterocycles. The van der Waals surface area contributed by atoms with Gasteiger partial charge in [-0.2, -0.15) is 0 Å². The third-order valence-electron chi connectivity index (χ3n) is 4.97. The van der Waals surface area contributed by atoms with E-state index in [4.69, 9.17) is 9.15 Å². The molecule has 1 aliphatic heterocycles. The molecule has 31 heavy (non-hydrogen) atoms. The average Bonchev–Trinajstić information content (AvgIpc) is 3.12. The van der Waals surface area contributed by atoms with Crippen molar-refractivity contribution < 1.29 is 18.7 Å². The highest BCUT2D eigenvalue weighted by Gasteiger charge is 2.26. The molecule has 1 N–H and O–H groups in total. The maximum Gasteiger partial charge on any atom is 0.321 e. The van der Waals surface area contributed by atoms with Gasteiger partial charge in [0.2, 0.25) is 5.88 Å². The Hall–Kier alpha value is -3.88. The zero-order valence-corrected chi connectivity index (χ0v) is 17.4. The number of anilines is 1. The monoisotopic (exact) mass is 421 g/mol. The fourth-order valence-electron chi connectivity index (χ4n) is 3.42. The van der Waals surface area contributed by atoms with Gasteiger partial charge in [-0.25, -0.2) is 9.78 Å². The van der Waals surface area contributed by atoms with Gasteiger partial charge in [-0.15, -0.1) is 0 Å². The number of hydrogen-bond acceptors (Lipinski definition) is 6. The van der Waals surface area contributed by atoms with Crippen LogP contribution in [0.2, 0.25) is 0 Å². The fourth-order valence-corrected chi connectivity index (χ4v) is 3.42. The van der Waals surface area contributed by atoms with E-state index in [-0.39, 0.29) is 11.9 Å². The number of ether oxygens (including phenoxy) is 1. The van der Waals surface area contributed by atoms with Gasteiger partial charge in [-0.3, -0.25) is 9.78 Å². The largest absolute Gasteiger partial charge is 0.466 e. The second-order valence-electron chi connectivity index (χ2n) is 7.21. The summed E-state index contributed by atoms with van der Waals surface area (Å²) >= 11 is 0. The molecule has 0 aliphatic carbocycles. The third-order valence-corrected chi connectivity index (χ3v) is 4.97. The summed E-state index contributed by atoms with van der Waals surface area (Å²) in [5, 5.41) is 2.88. The Kier molecular flexibility index (Phi) is 5.83. The maximum atomic E-state index is 12.7. The van der Waals surface area contributed by atoms with Crippen molar-refractivity contribution in [2.45, 2.75) is 13.8 Å². The standard InChI is InChI=1S/C22H23N5O4/c1-15-12-19(16(2)30-15)21(28)26-8-10-27(11-9-26)22(29)25-17-4-3-5-18(13-17)31-20-14-23-6-7-24-20/h3-7,12-14H,8-11H2,1-2H3,(H,25,29). The second kappa shape index (κ2) is 8.86. The average molecular weight is 421 g/mol.